The van der Waals surface area contributed by atoms with Crippen LogP contribution in [0.3, 0.4) is 0 Å². The summed E-state index contributed by atoms with van der Waals surface area (Å²) in [5.74, 6) is -1.97. The van der Waals surface area contributed by atoms with Gasteiger partial charge in [0.15, 0.2) is 11.6 Å². The van der Waals surface area contributed by atoms with E-state index >= 15 is 0 Å². The number of carbonyl (C=O) groups is 1. The number of para-hydroxylation sites is 1. The molecular formula is C33H29CuFN9O10S3. The third-order valence-electron chi connectivity index (χ3n) is 7.11. The van der Waals surface area contributed by atoms with Crippen molar-refractivity contribution in [1.29, 1.82) is 0 Å². The molecule has 19 nitrogen and oxygen atoms in total. The zero-order chi connectivity index (χ0) is 40.1. The van der Waals surface area contributed by atoms with Crippen molar-refractivity contribution in [3.8, 4) is 5.75 Å². The minimum absolute atomic E-state index is 0. The number of phenolic OH excluding ortho intramolecular Hbond substituents is 1. The number of amidine groups is 1. The number of thioether (sulfide) groups is 1. The maximum absolute atomic E-state index is 14.9. The molecular weight excluding hydrogens is 861 g/mol. The van der Waals surface area contributed by atoms with E-state index in [-0.39, 0.29) is 58.2 Å². The molecule has 4 aromatic carbocycles. The van der Waals surface area contributed by atoms with E-state index in [4.69, 9.17) is 5.26 Å². The molecule has 0 amide bonds. The van der Waals surface area contributed by atoms with Crippen LogP contribution in [-0.2, 0) is 36.6 Å². The second kappa shape index (κ2) is 21.3. The van der Waals surface area contributed by atoms with E-state index in [1.165, 1.54) is 30.0 Å². The van der Waals surface area contributed by atoms with Crippen molar-refractivity contribution >= 4 is 80.4 Å². The summed E-state index contributed by atoms with van der Waals surface area (Å²) in [6.45, 7) is 0.257. The Kier molecular flexibility index (Phi) is 16.6. The molecule has 0 aliphatic carbocycles. The molecule has 5 aromatic rings. The fourth-order valence-electron chi connectivity index (χ4n) is 4.63. The van der Waals surface area contributed by atoms with Crippen LogP contribution in [0.4, 0.5) is 39.0 Å². The van der Waals surface area contributed by atoms with Crippen LogP contribution in [0.15, 0.2) is 116 Å². The number of aromatic nitrogens is 3. The fourth-order valence-corrected chi connectivity index (χ4v) is 6.20. The second-order valence-corrected chi connectivity index (χ2v) is 14.2. The molecule has 1 heterocycles. The Labute approximate surface area is 342 Å². The maximum atomic E-state index is 14.9. The Morgan fingerprint density at radius 2 is 1.70 bits per heavy atom. The standard InChI is InChI=1S/C33H30FN9O10S3.Cu/c34-31-36-32(38-33(37-31)43(13-15-54-16-14-44)21-9-5-2-6-10-21)35-26-18-23(56(49,50)51)19-27(28(26)45)40-42-29(20-7-3-1-4-8-20)41-39-25-17-22(55-53-52-48)11-12-24(25)30(46)47;/h1-12,17-19,44H,13-16H2,(H6,35,36,37,38,39,40,41,42,45,46,47,48,49,50,51);/q;+1/p-1. The van der Waals surface area contributed by atoms with E-state index in [1.807, 2.05) is 0 Å². The van der Waals surface area contributed by atoms with Gasteiger partial charge in [0.2, 0.25) is 11.9 Å². The van der Waals surface area contributed by atoms with Gasteiger partial charge in [-0.15, -0.1) is 20.2 Å². The number of azo groups is 1. The number of aromatic carboxylic acids is 1. The van der Waals surface area contributed by atoms with Gasteiger partial charge in [-0.3, -0.25) is 4.55 Å². The minimum Gasteiger partial charge on any atom is -0.573 e. The summed E-state index contributed by atoms with van der Waals surface area (Å²) in [6, 6.07) is 22.3. The first-order chi connectivity index (χ1) is 27.0. The third kappa shape index (κ3) is 12.6. The molecule has 24 heteroatoms. The number of rotatable bonds is 18. The molecule has 0 fully saturated rings. The van der Waals surface area contributed by atoms with Crippen LogP contribution in [-0.4, -0.2) is 85.0 Å². The van der Waals surface area contributed by atoms with Crippen molar-refractivity contribution in [3.05, 3.63) is 114 Å². The average molecular weight is 890 g/mol. The van der Waals surface area contributed by atoms with Crippen LogP contribution in [0.1, 0.15) is 15.9 Å². The van der Waals surface area contributed by atoms with Crippen LogP contribution >= 0.6 is 23.8 Å². The minimum atomic E-state index is -4.95. The number of benzene rings is 4. The SMILES string of the molecule is O=C(O)c1ccc(SOOO)cc1[N-]N=C(N=Nc1cc(S(=O)(=O)O)cc(Nc2nc(F)nc(N(CCSCCO)c3ccccc3)n2)c1O)c1ccccc1.[Cu+]. The number of carboxylic acids is 1. The Hall–Kier alpha value is -5.27. The molecule has 302 valence electrons. The number of phenols is 1. The number of hydrogen-bond acceptors (Lipinski definition) is 17. The van der Waals surface area contributed by atoms with Crippen LogP contribution in [0.5, 0.6) is 5.75 Å². The summed E-state index contributed by atoms with van der Waals surface area (Å²) in [5.41, 5.74) is 3.51. The summed E-state index contributed by atoms with van der Waals surface area (Å²) >= 11 is 1.98. The summed E-state index contributed by atoms with van der Waals surface area (Å²) in [4.78, 5) is 24.7. The van der Waals surface area contributed by atoms with E-state index in [0.717, 1.165) is 12.1 Å². The molecule has 0 atom stereocenters. The molecule has 0 aliphatic heterocycles. The van der Waals surface area contributed by atoms with Crippen molar-refractivity contribution in [1.82, 2.24) is 15.0 Å². The van der Waals surface area contributed by atoms with Crippen molar-refractivity contribution < 1.29 is 69.2 Å². The van der Waals surface area contributed by atoms with E-state index in [1.54, 1.807) is 65.6 Å². The Morgan fingerprint density at radius 1 is 0.982 bits per heavy atom. The van der Waals surface area contributed by atoms with Crippen LogP contribution in [0, 0.1) is 6.08 Å². The number of aliphatic hydroxyl groups excluding tert-OH is 1. The van der Waals surface area contributed by atoms with Gasteiger partial charge < -0.3 is 36.1 Å². The van der Waals surface area contributed by atoms with Gasteiger partial charge in [-0.25, -0.2) is 10.1 Å². The van der Waals surface area contributed by atoms with Crippen molar-refractivity contribution in [2.75, 3.05) is 34.9 Å². The second-order valence-electron chi connectivity index (χ2n) is 10.8. The van der Waals surface area contributed by atoms with Gasteiger partial charge in [0.25, 0.3) is 10.1 Å². The van der Waals surface area contributed by atoms with Crippen LogP contribution < -0.4 is 10.2 Å². The van der Waals surface area contributed by atoms with Gasteiger partial charge in [0.1, 0.15) is 5.69 Å². The largest absolute Gasteiger partial charge is 1.00 e. The molecule has 0 radical (unpaired) electrons. The first-order valence-corrected chi connectivity index (χ1v) is 19.1. The molecule has 0 spiro atoms. The Morgan fingerprint density at radius 3 is 2.37 bits per heavy atom. The van der Waals surface area contributed by atoms with Gasteiger partial charge in [-0.05, 0) is 36.4 Å². The Bertz CT molecular complexity index is 2320. The van der Waals surface area contributed by atoms with Gasteiger partial charge in [-0.2, -0.15) is 39.5 Å². The first-order valence-electron chi connectivity index (χ1n) is 15.8. The third-order valence-corrected chi connectivity index (χ3v) is 9.45. The topological polar surface area (TPSA) is 276 Å². The molecule has 5 rings (SSSR count). The zero-order valence-electron chi connectivity index (χ0n) is 28.7. The molecule has 1 aromatic heterocycles. The number of nitrogens with one attached hydrogen (secondary N) is 1. The average Bonchev–Trinajstić information content (AvgIpc) is 3.18. The normalized spacial score (nSPS) is 11.6. The predicted octanol–water partition coefficient (Wildman–Crippen LogP) is 6.85. The predicted molar refractivity (Wildman–Crippen MR) is 203 cm³/mol. The summed E-state index contributed by atoms with van der Waals surface area (Å²) in [5, 5.41) is 56.8. The maximum Gasteiger partial charge on any atom is 1.00 e. The van der Waals surface area contributed by atoms with Crippen LogP contribution in [0.25, 0.3) is 5.43 Å². The van der Waals surface area contributed by atoms with Crippen LogP contribution in [0.2, 0.25) is 0 Å². The first kappa shape index (κ1) is 44.4. The number of anilines is 4. The van der Waals surface area contributed by atoms with E-state index in [0.29, 0.717) is 34.8 Å². The number of aromatic hydroxyl groups is 1. The summed E-state index contributed by atoms with van der Waals surface area (Å²) in [6.07, 6.45) is -1.22. The number of halogens is 1. The fraction of sp³-hybridized carbons (Fsp3) is 0.121. The number of aliphatic hydroxyl groups is 1. The summed E-state index contributed by atoms with van der Waals surface area (Å²) in [7, 11) is -4.95. The van der Waals surface area contributed by atoms with E-state index in [2.05, 4.69) is 50.4 Å². The van der Waals surface area contributed by atoms with Gasteiger partial charge in [0, 0.05) is 39.8 Å². The molecule has 0 saturated carbocycles. The smallest absolute Gasteiger partial charge is 0.573 e. The molecule has 6 N–H and O–H groups in total. The van der Waals surface area contributed by atoms with Gasteiger partial charge in [-0.1, -0.05) is 59.6 Å². The number of hydrogen-bond donors (Lipinski definition) is 6. The van der Waals surface area contributed by atoms with Crippen molar-refractivity contribution in [2.45, 2.75) is 9.79 Å². The quantitative estimate of drug-likeness (QED) is 0.00501. The zero-order valence-corrected chi connectivity index (χ0v) is 32.1. The number of carboxylic acid groups (broad SMARTS) is 1. The van der Waals surface area contributed by atoms with Gasteiger partial charge in [0.05, 0.1) is 29.2 Å². The molecule has 57 heavy (non-hydrogen) atoms. The molecule has 0 unspecified atom stereocenters. The molecule has 0 saturated heterocycles. The van der Waals surface area contributed by atoms with E-state index in [9.17, 15) is 37.5 Å². The van der Waals surface area contributed by atoms with Crippen molar-refractivity contribution in [2.24, 2.45) is 15.3 Å². The monoisotopic (exact) mass is 889 g/mol. The van der Waals surface area contributed by atoms with Gasteiger partial charge >= 0.3 is 29.1 Å². The molecule has 0 bridgehead atoms. The number of nitrogens with zero attached hydrogens (tertiary/aromatic N) is 8. The Balaban J connectivity index is 0.00000720. The van der Waals surface area contributed by atoms with Crippen molar-refractivity contribution in [3.63, 3.8) is 0 Å². The van der Waals surface area contributed by atoms with E-state index < -0.39 is 50.1 Å². The molecule has 0 aliphatic rings. The summed E-state index contributed by atoms with van der Waals surface area (Å²) < 4.78 is 54.0.